The number of hydrogen-bond donors (Lipinski definition) is 1. The first-order valence-corrected chi connectivity index (χ1v) is 7.45. The second-order valence-corrected chi connectivity index (χ2v) is 5.57. The van der Waals surface area contributed by atoms with Crippen LogP contribution in [0.2, 0.25) is 5.02 Å². The van der Waals surface area contributed by atoms with Crippen LogP contribution in [0.5, 0.6) is 0 Å². The molecule has 4 heteroatoms. The molecule has 1 aliphatic rings. The van der Waals surface area contributed by atoms with Gasteiger partial charge in [0, 0.05) is 12.2 Å². The molecule has 3 nitrogen and oxygen atoms in total. The van der Waals surface area contributed by atoms with Gasteiger partial charge in [-0.1, -0.05) is 37.8 Å². The van der Waals surface area contributed by atoms with E-state index in [2.05, 4.69) is 23.3 Å². The Morgan fingerprint density at radius 2 is 2.21 bits per heavy atom. The van der Waals surface area contributed by atoms with E-state index in [9.17, 15) is 0 Å². The Morgan fingerprint density at radius 3 is 2.84 bits per heavy atom. The standard InChI is InChI=1S/C15H20ClN3/c1-2-13(11-6-4-3-5-7-11)19-15-14(16)12(10-17)8-9-18-15/h8-9,11,13H,2-7H2,1H3,(H,18,19). The minimum absolute atomic E-state index is 0.402. The summed E-state index contributed by atoms with van der Waals surface area (Å²) in [6.07, 6.45) is 9.25. The second-order valence-electron chi connectivity index (χ2n) is 5.19. The number of hydrogen-bond acceptors (Lipinski definition) is 3. The summed E-state index contributed by atoms with van der Waals surface area (Å²) in [6, 6.07) is 4.14. The Kier molecular flexibility index (Phi) is 5.04. The molecule has 0 bridgehead atoms. The molecule has 1 aromatic heterocycles. The second kappa shape index (κ2) is 6.77. The Bertz CT molecular complexity index is 461. The normalized spacial score (nSPS) is 17.7. The highest BCUT2D eigenvalue weighted by Crippen LogP contribution is 2.31. The minimum atomic E-state index is 0.402. The zero-order valence-electron chi connectivity index (χ0n) is 11.3. The molecule has 0 radical (unpaired) electrons. The molecular weight excluding hydrogens is 258 g/mol. The maximum atomic E-state index is 8.99. The fourth-order valence-corrected chi connectivity index (χ4v) is 3.10. The highest BCUT2D eigenvalue weighted by molar-refractivity contribution is 6.34. The average molecular weight is 278 g/mol. The van der Waals surface area contributed by atoms with Crippen LogP contribution in [-0.2, 0) is 0 Å². The Hall–Kier alpha value is -1.27. The summed E-state index contributed by atoms with van der Waals surface area (Å²) in [5.41, 5.74) is 0.484. The van der Waals surface area contributed by atoms with Gasteiger partial charge in [0.05, 0.1) is 5.56 Å². The summed E-state index contributed by atoms with van der Waals surface area (Å²) in [6.45, 7) is 2.19. The molecule has 1 N–H and O–H groups in total. The lowest BCUT2D eigenvalue weighted by atomic mass is 9.83. The number of aromatic nitrogens is 1. The Balaban J connectivity index is 2.12. The molecule has 1 atom stereocenters. The molecule has 0 spiro atoms. The predicted molar refractivity (Wildman–Crippen MR) is 78.2 cm³/mol. The molecular formula is C15H20ClN3. The lowest BCUT2D eigenvalue weighted by molar-refractivity contribution is 0.312. The third kappa shape index (κ3) is 3.39. The molecule has 1 aromatic rings. The summed E-state index contributed by atoms with van der Waals surface area (Å²) in [5, 5.41) is 12.9. The van der Waals surface area contributed by atoms with Crippen molar-refractivity contribution in [2.45, 2.75) is 51.5 Å². The molecule has 0 saturated heterocycles. The van der Waals surface area contributed by atoms with E-state index in [1.54, 1.807) is 12.3 Å². The van der Waals surface area contributed by atoms with Crippen LogP contribution in [-0.4, -0.2) is 11.0 Å². The van der Waals surface area contributed by atoms with Crippen molar-refractivity contribution in [3.63, 3.8) is 0 Å². The quantitative estimate of drug-likeness (QED) is 0.888. The van der Waals surface area contributed by atoms with Crippen molar-refractivity contribution < 1.29 is 0 Å². The molecule has 1 heterocycles. The van der Waals surface area contributed by atoms with E-state index >= 15 is 0 Å². The van der Waals surface area contributed by atoms with E-state index in [0.717, 1.165) is 6.42 Å². The summed E-state index contributed by atoms with van der Waals surface area (Å²) >= 11 is 6.20. The van der Waals surface area contributed by atoms with E-state index < -0.39 is 0 Å². The van der Waals surface area contributed by atoms with Crippen LogP contribution < -0.4 is 5.32 Å². The number of pyridine rings is 1. The van der Waals surface area contributed by atoms with Gasteiger partial charge in [0.15, 0.2) is 0 Å². The van der Waals surface area contributed by atoms with Gasteiger partial charge in [-0.25, -0.2) is 4.98 Å². The van der Waals surface area contributed by atoms with Crippen molar-refractivity contribution in [3.8, 4) is 6.07 Å². The van der Waals surface area contributed by atoms with Gasteiger partial charge in [-0.2, -0.15) is 5.26 Å². The highest BCUT2D eigenvalue weighted by atomic mass is 35.5. The molecule has 2 rings (SSSR count). The van der Waals surface area contributed by atoms with Crippen molar-refractivity contribution in [2.24, 2.45) is 5.92 Å². The number of rotatable bonds is 4. The first-order valence-electron chi connectivity index (χ1n) is 7.07. The predicted octanol–water partition coefficient (Wildman–Crippen LogP) is 4.38. The van der Waals surface area contributed by atoms with Crippen molar-refractivity contribution in [2.75, 3.05) is 5.32 Å². The van der Waals surface area contributed by atoms with Gasteiger partial charge in [0.25, 0.3) is 0 Å². The van der Waals surface area contributed by atoms with E-state index in [1.165, 1.54) is 32.1 Å². The van der Waals surface area contributed by atoms with Gasteiger partial charge in [-0.15, -0.1) is 0 Å². The third-order valence-corrected chi connectivity index (χ3v) is 4.37. The van der Waals surface area contributed by atoms with Gasteiger partial charge >= 0.3 is 0 Å². The van der Waals surface area contributed by atoms with Crippen molar-refractivity contribution in [1.29, 1.82) is 5.26 Å². The maximum Gasteiger partial charge on any atom is 0.146 e. The molecule has 0 aromatic carbocycles. The maximum absolute atomic E-state index is 8.99. The van der Waals surface area contributed by atoms with Gasteiger partial charge < -0.3 is 5.32 Å². The van der Waals surface area contributed by atoms with E-state index in [1.807, 2.05) is 0 Å². The van der Waals surface area contributed by atoms with Gasteiger partial charge in [0.2, 0.25) is 0 Å². The lowest BCUT2D eigenvalue weighted by Crippen LogP contribution is -2.30. The molecule has 1 saturated carbocycles. The number of nitrogens with one attached hydrogen (secondary N) is 1. The molecule has 1 unspecified atom stereocenters. The first-order chi connectivity index (χ1) is 9.26. The van der Waals surface area contributed by atoms with Crippen molar-refractivity contribution in [3.05, 3.63) is 22.8 Å². The van der Waals surface area contributed by atoms with Gasteiger partial charge in [-0.3, -0.25) is 0 Å². The van der Waals surface area contributed by atoms with E-state index in [0.29, 0.717) is 28.4 Å². The Labute approximate surface area is 120 Å². The average Bonchev–Trinajstić information content (AvgIpc) is 2.47. The topological polar surface area (TPSA) is 48.7 Å². The zero-order chi connectivity index (χ0) is 13.7. The van der Waals surface area contributed by atoms with Crippen LogP contribution >= 0.6 is 11.6 Å². The van der Waals surface area contributed by atoms with E-state index in [-0.39, 0.29) is 0 Å². The van der Waals surface area contributed by atoms with Gasteiger partial charge in [-0.05, 0) is 31.2 Å². The van der Waals surface area contributed by atoms with Crippen molar-refractivity contribution >= 4 is 17.4 Å². The molecule has 0 amide bonds. The SMILES string of the molecule is CCC(Nc1nccc(C#N)c1Cl)C1CCCCC1. The minimum Gasteiger partial charge on any atom is -0.366 e. The summed E-state index contributed by atoms with van der Waals surface area (Å²) < 4.78 is 0. The van der Waals surface area contributed by atoms with E-state index in [4.69, 9.17) is 16.9 Å². The number of halogens is 1. The monoisotopic (exact) mass is 277 g/mol. The molecule has 1 aliphatic carbocycles. The molecule has 0 aliphatic heterocycles. The number of nitriles is 1. The van der Waals surface area contributed by atoms with Gasteiger partial charge in [0.1, 0.15) is 16.9 Å². The zero-order valence-corrected chi connectivity index (χ0v) is 12.1. The van der Waals surface area contributed by atoms with Crippen molar-refractivity contribution in [1.82, 2.24) is 4.98 Å². The molecule has 102 valence electrons. The number of anilines is 1. The van der Waals surface area contributed by atoms with Crippen LogP contribution in [0.3, 0.4) is 0 Å². The smallest absolute Gasteiger partial charge is 0.146 e. The molecule has 1 fully saturated rings. The fourth-order valence-electron chi connectivity index (χ4n) is 2.90. The van der Waals surface area contributed by atoms with Crippen LogP contribution in [0, 0.1) is 17.2 Å². The number of nitrogens with zero attached hydrogens (tertiary/aromatic N) is 2. The third-order valence-electron chi connectivity index (χ3n) is 3.99. The lowest BCUT2D eigenvalue weighted by Gasteiger charge is -2.30. The van der Waals surface area contributed by atoms with Crippen LogP contribution in [0.4, 0.5) is 5.82 Å². The van der Waals surface area contributed by atoms with Crippen LogP contribution in [0.15, 0.2) is 12.3 Å². The van der Waals surface area contributed by atoms with Crippen LogP contribution in [0.25, 0.3) is 0 Å². The molecule has 19 heavy (non-hydrogen) atoms. The first kappa shape index (κ1) is 14.1. The highest BCUT2D eigenvalue weighted by Gasteiger charge is 2.23. The fraction of sp³-hybridized carbons (Fsp3) is 0.600. The Morgan fingerprint density at radius 1 is 1.47 bits per heavy atom. The summed E-state index contributed by atoms with van der Waals surface area (Å²) in [7, 11) is 0. The van der Waals surface area contributed by atoms with Crippen LogP contribution in [0.1, 0.15) is 51.0 Å². The largest absolute Gasteiger partial charge is 0.366 e. The summed E-state index contributed by atoms with van der Waals surface area (Å²) in [4.78, 5) is 4.28. The summed E-state index contributed by atoms with van der Waals surface area (Å²) in [5.74, 6) is 1.35.